The maximum absolute atomic E-state index is 13.6. The number of hydrogen-bond donors (Lipinski definition) is 3. The number of aliphatic carboxylic acids is 1. The molecule has 0 aliphatic heterocycles. The number of carbonyl (C=O) groups is 2. The quantitative estimate of drug-likeness (QED) is 0.754. The molecule has 0 spiro atoms. The number of anilines is 1. The number of carboxylic acid groups (broad SMARTS) is 1. The molecule has 9 heteroatoms. The molecule has 1 aromatic carbocycles. The van der Waals surface area contributed by atoms with Gasteiger partial charge in [-0.3, -0.25) is 9.62 Å². The number of aromatic nitrogens is 1. The van der Waals surface area contributed by atoms with E-state index in [0.717, 1.165) is 0 Å². The molecular weight excluding hydrogens is 289 g/mol. The summed E-state index contributed by atoms with van der Waals surface area (Å²) in [4.78, 5) is 22.5. The second-order valence-electron chi connectivity index (χ2n) is 3.93. The largest absolute Gasteiger partial charge is 0.480 e. The lowest BCUT2D eigenvalue weighted by molar-refractivity contribution is -0.140. The molecule has 106 valence electrons. The van der Waals surface area contributed by atoms with E-state index in [2.05, 4.69) is 23.3 Å². The molecule has 0 aliphatic rings. The lowest BCUT2D eigenvalue weighted by atomic mass is 10.2. The number of carboxylic acids is 1. The average Bonchev–Trinajstić information content (AvgIpc) is 2.81. The topological polar surface area (TPSA) is 95.7 Å². The Kier molecular flexibility index (Phi) is 3.79. The molecule has 1 unspecified atom stereocenters. The predicted molar refractivity (Wildman–Crippen MR) is 70.9 cm³/mol. The number of hydrogen-bond acceptors (Lipinski definition) is 5. The van der Waals surface area contributed by atoms with E-state index >= 15 is 0 Å². The third-order valence-corrected chi connectivity index (χ3v) is 3.13. The van der Waals surface area contributed by atoms with Crippen molar-refractivity contribution in [3.8, 4) is 0 Å². The second-order valence-corrected chi connectivity index (χ2v) is 4.36. The van der Waals surface area contributed by atoms with Gasteiger partial charge in [0.25, 0.3) is 0 Å². The Morgan fingerprint density at radius 1 is 1.55 bits per heavy atom. The molecule has 7 nitrogen and oxygen atoms in total. The van der Waals surface area contributed by atoms with E-state index in [-0.39, 0.29) is 16.8 Å². The summed E-state index contributed by atoms with van der Waals surface area (Å²) in [7, 11) is 0. The Morgan fingerprint density at radius 2 is 2.25 bits per heavy atom. The maximum Gasteiger partial charge on any atom is 0.333 e. The van der Waals surface area contributed by atoms with Crippen molar-refractivity contribution in [1.29, 1.82) is 0 Å². The van der Waals surface area contributed by atoms with Gasteiger partial charge in [-0.05, 0) is 19.1 Å². The number of halogens is 1. The van der Waals surface area contributed by atoms with Gasteiger partial charge in [0.15, 0.2) is 11.4 Å². The van der Waals surface area contributed by atoms with Gasteiger partial charge in [-0.25, -0.2) is 14.0 Å². The minimum Gasteiger partial charge on any atom is -0.480 e. The van der Waals surface area contributed by atoms with Crippen molar-refractivity contribution in [3.63, 3.8) is 0 Å². The summed E-state index contributed by atoms with van der Waals surface area (Å²) in [6, 6.07) is 2.08. The van der Waals surface area contributed by atoms with Crippen molar-refractivity contribution >= 4 is 41.6 Å². The van der Waals surface area contributed by atoms with Crippen LogP contribution < -0.4 is 5.32 Å². The number of urea groups is 1. The molecule has 0 bridgehead atoms. The van der Waals surface area contributed by atoms with Gasteiger partial charge in [-0.2, -0.15) is 0 Å². The molecule has 1 heterocycles. The summed E-state index contributed by atoms with van der Waals surface area (Å²) >= 11 is 3.78. The van der Waals surface area contributed by atoms with E-state index in [0.29, 0.717) is 4.31 Å². The molecule has 2 aromatic rings. The number of benzene rings is 1. The van der Waals surface area contributed by atoms with Gasteiger partial charge >= 0.3 is 12.0 Å². The van der Waals surface area contributed by atoms with Gasteiger partial charge in [-0.1, -0.05) is 24.0 Å². The summed E-state index contributed by atoms with van der Waals surface area (Å²) in [5.74, 6) is -1.98. The van der Waals surface area contributed by atoms with Crippen molar-refractivity contribution in [2.24, 2.45) is 0 Å². The van der Waals surface area contributed by atoms with E-state index < -0.39 is 23.9 Å². The number of rotatable bonds is 3. The zero-order chi connectivity index (χ0) is 14.9. The lowest BCUT2D eigenvalue weighted by Gasteiger charge is -2.19. The summed E-state index contributed by atoms with van der Waals surface area (Å²) in [5.41, 5.74) is 0.164. The van der Waals surface area contributed by atoms with Crippen LogP contribution in [0.3, 0.4) is 0 Å². The Hall–Kier alpha value is -2.29. The zero-order valence-corrected chi connectivity index (χ0v) is 11.1. The highest BCUT2D eigenvalue weighted by molar-refractivity contribution is 7.78. The molecule has 0 saturated carbocycles. The van der Waals surface area contributed by atoms with Crippen LogP contribution in [0.25, 0.3) is 11.0 Å². The smallest absolute Gasteiger partial charge is 0.333 e. The minimum atomic E-state index is -1.23. The normalized spacial score (nSPS) is 12.2. The van der Waals surface area contributed by atoms with Gasteiger partial charge in [0.1, 0.15) is 17.2 Å². The molecule has 2 rings (SSSR count). The predicted octanol–water partition coefficient (Wildman–Crippen LogP) is 2.12. The second kappa shape index (κ2) is 5.37. The summed E-state index contributed by atoms with van der Waals surface area (Å²) in [6.45, 7) is 1.27. The molecule has 0 saturated heterocycles. The molecule has 2 N–H and O–H groups in total. The molecule has 1 atom stereocenters. The summed E-state index contributed by atoms with van der Waals surface area (Å²) in [6.07, 6.45) is 0. The van der Waals surface area contributed by atoms with E-state index in [1.54, 1.807) is 0 Å². The van der Waals surface area contributed by atoms with E-state index in [9.17, 15) is 14.0 Å². The summed E-state index contributed by atoms with van der Waals surface area (Å²) < 4.78 is 19.2. The minimum absolute atomic E-state index is 0.00515. The monoisotopic (exact) mass is 299 g/mol. The van der Waals surface area contributed by atoms with E-state index in [1.165, 1.54) is 25.1 Å². The van der Waals surface area contributed by atoms with Crippen LogP contribution in [0.1, 0.15) is 6.92 Å². The lowest BCUT2D eigenvalue weighted by Crippen LogP contribution is -2.39. The van der Waals surface area contributed by atoms with Crippen molar-refractivity contribution < 1.29 is 23.6 Å². The third kappa shape index (κ3) is 2.52. The molecule has 0 fully saturated rings. The Bertz CT molecular complexity index is 675. The SMILES string of the molecule is CC(C(=O)O)N(S)C(=O)Nc1noc2cccc(F)c12. The molecule has 0 radical (unpaired) electrons. The molecule has 2 amide bonds. The van der Waals surface area contributed by atoms with E-state index in [4.69, 9.17) is 9.63 Å². The van der Waals surface area contributed by atoms with Gasteiger partial charge < -0.3 is 9.63 Å². The van der Waals surface area contributed by atoms with Crippen LogP contribution in [-0.4, -0.2) is 32.6 Å². The average molecular weight is 299 g/mol. The van der Waals surface area contributed by atoms with Gasteiger partial charge in [0.2, 0.25) is 0 Å². The summed E-state index contributed by atoms with van der Waals surface area (Å²) in [5, 5.41) is 14.6. The number of nitrogens with one attached hydrogen (secondary N) is 1. The number of thiol groups is 1. The van der Waals surface area contributed by atoms with Crippen LogP contribution in [0.15, 0.2) is 22.7 Å². The van der Waals surface area contributed by atoms with Gasteiger partial charge in [-0.15, -0.1) is 0 Å². The number of nitrogens with zero attached hydrogens (tertiary/aromatic N) is 2. The van der Waals surface area contributed by atoms with E-state index in [1.807, 2.05) is 0 Å². The van der Waals surface area contributed by atoms with Crippen molar-refractivity contribution in [3.05, 3.63) is 24.0 Å². The van der Waals surface area contributed by atoms with Crippen LogP contribution in [0.5, 0.6) is 0 Å². The fraction of sp³-hybridized carbons (Fsp3) is 0.182. The fourth-order valence-electron chi connectivity index (χ4n) is 1.48. The van der Waals surface area contributed by atoms with Gasteiger partial charge in [0, 0.05) is 0 Å². The third-order valence-electron chi connectivity index (χ3n) is 2.61. The molecular formula is C11H10FN3O4S. The highest BCUT2D eigenvalue weighted by Crippen LogP contribution is 2.25. The van der Waals surface area contributed by atoms with Crippen molar-refractivity contribution in [2.45, 2.75) is 13.0 Å². The van der Waals surface area contributed by atoms with Crippen molar-refractivity contribution in [2.75, 3.05) is 5.32 Å². The fourth-order valence-corrected chi connectivity index (χ4v) is 1.62. The molecule has 0 aliphatic carbocycles. The highest BCUT2D eigenvalue weighted by Gasteiger charge is 2.24. The first-order chi connectivity index (χ1) is 9.41. The maximum atomic E-state index is 13.6. The van der Waals surface area contributed by atoms with Crippen LogP contribution in [0.2, 0.25) is 0 Å². The first kappa shape index (κ1) is 14.1. The highest BCUT2D eigenvalue weighted by atomic mass is 32.1. The first-order valence-corrected chi connectivity index (χ1v) is 5.87. The van der Waals surface area contributed by atoms with Gasteiger partial charge in [0.05, 0.1) is 0 Å². The zero-order valence-electron chi connectivity index (χ0n) is 10.2. The molecule has 1 aromatic heterocycles. The van der Waals surface area contributed by atoms with Crippen LogP contribution in [-0.2, 0) is 4.79 Å². The number of amides is 2. The Morgan fingerprint density at radius 3 is 2.90 bits per heavy atom. The standard InChI is InChI=1S/C11H10FN3O4S/c1-5(10(16)17)15(20)11(18)13-9-8-6(12)3-2-4-7(8)19-14-9/h2-5,20H,1H3,(H,16,17)(H,13,14,18). The Balaban J connectivity index is 2.24. The van der Waals surface area contributed by atoms with Crippen molar-refractivity contribution in [1.82, 2.24) is 9.46 Å². The Labute approximate surface area is 117 Å². The first-order valence-electron chi connectivity index (χ1n) is 5.47. The van der Waals surface area contributed by atoms with Crippen LogP contribution >= 0.6 is 12.8 Å². The van der Waals surface area contributed by atoms with Crippen LogP contribution in [0.4, 0.5) is 15.0 Å². The molecule has 20 heavy (non-hydrogen) atoms. The number of carbonyl (C=O) groups excluding carboxylic acids is 1. The van der Waals surface area contributed by atoms with Crippen LogP contribution in [0, 0.1) is 5.82 Å². The number of fused-ring (bicyclic) bond motifs is 1.